The van der Waals surface area contributed by atoms with E-state index in [1.54, 1.807) is 0 Å². The van der Waals surface area contributed by atoms with Gasteiger partial charge in [-0.3, -0.25) is 9.59 Å². The standard InChI is InChI=1S/C24H34O2/c1-14-11-18-19(22(3)8-6-17(26)13-20(14)22)7-9-23(4)21(18)12-16-5-10-24(16,23)15(2)25/h13-14,16,18-19,21H,5-12H2,1-4H3. The lowest BCUT2D eigenvalue weighted by atomic mass is 9.41. The van der Waals surface area contributed by atoms with Crippen molar-refractivity contribution in [2.75, 3.05) is 0 Å². The van der Waals surface area contributed by atoms with E-state index in [4.69, 9.17) is 0 Å². The Morgan fingerprint density at radius 3 is 2.50 bits per heavy atom. The number of Topliss-reactive ketones (excluding diaryl/α,β-unsaturated/α-hetero) is 1. The van der Waals surface area contributed by atoms with Gasteiger partial charge in [-0.05, 0) is 98.4 Å². The van der Waals surface area contributed by atoms with E-state index in [9.17, 15) is 9.59 Å². The molecular weight excluding hydrogens is 320 g/mol. The van der Waals surface area contributed by atoms with Crippen LogP contribution in [-0.4, -0.2) is 11.6 Å². The fourth-order valence-electron chi connectivity index (χ4n) is 9.17. The molecule has 0 saturated heterocycles. The number of hydrogen-bond acceptors (Lipinski definition) is 2. The fourth-order valence-corrected chi connectivity index (χ4v) is 9.17. The number of fused-ring (bicyclic) bond motifs is 7. The zero-order chi connectivity index (χ0) is 18.5. The Bertz CT molecular complexity index is 720. The molecule has 8 atom stereocenters. The Morgan fingerprint density at radius 2 is 1.85 bits per heavy atom. The van der Waals surface area contributed by atoms with Crippen molar-refractivity contribution in [3.8, 4) is 0 Å². The molecule has 0 N–H and O–H groups in total. The lowest BCUT2D eigenvalue weighted by molar-refractivity contribution is -0.157. The average molecular weight is 355 g/mol. The van der Waals surface area contributed by atoms with Crippen LogP contribution in [0.25, 0.3) is 0 Å². The molecule has 5 aliphatic rings. The molecule has 0 bridgehead atoms. The van der Waals surface area contributed by atoms with Gasteiger partial charge in [0.05, 0.1) is 0 Å². The van der Waals surface area contributed by atoms with Crippen LogP contribution in [0.3, 0.4) is 0 Å². The Hall–Kier alpha value is -0.920. The van der Waals surface area contributed by atoms with Crippen molar-refractivity contribution in [2.45, 2.75) is 79.1 Å². The minimum atomic E-state index is 0.00538. The highest BCUT2D eigenvalue weighted by atomic mass is 16.1. The first kappa shape index (κ1) is 17.2. The zero-order valence-electron chi connectivity index (χ0n) is 16.9. The minimum absolute atomic E-state index is 0.00538. The second-order valence-electron chi connectivity index (χ2n) is 11.0. The molecule has 2 nitrogen and oxygen atoms in total. The maximum absolute atomic E-state index is 12.8. The second kappa shape index (κ2) is 5.11. The molecule has 5 rings (SSSR count). The average Bonchev–Trinajstić information content (AvgIpc) is 2.72. The van der Waals surface area contributed by atoms with Crippen molar-refractivity contribution in [3.05, 3.63) is 11.6 Å². The summed E-state index contributed by atoms with van der Waals surface area (Å²) in [5, 5.41) is 0. The van der Waals surface area contributed by atoms with Crippen LogP contribution in [-0.2, 0) is 9.59 Å². The predicted octanol–water partition coefficient (Wildman–Crippen LogP) is 5.36. The van der Waals surface area contributed by atoms with E-state index in [-0.39, 0.29) is 16.2 Å². The summed E-state index contributed by atoms with van der Waals surface area (Å²) in [5.74, 6) is 4.20. The molecule has 0 aromatic heterocycles. The van der Waals surface area contributed by atoms with Gasteiger partial charge in [-0.25, -0.2) is 0 Å². The Balaban J connectivity index is 1.56. The molecule has 0 aromatic carbocycles. The molecule has 4 fully saturated rings. The van der Waals surface area contributed by atoms with Gasteiger partial charge in [0.2, 0.25) is 0 Å². The van der Waals surface area contributed by atoms with Gasteiger partial charge < -0.3 is 0 Å². The molecule has 0 aromatic rings. The lowest BCUT2D eigenvalue weighted by Gasteiger charge is -2.62. The molecular formula is C24H34O2. The van der Waals surface area contributed by atoms with E-state index in [0.717, 1.165) is 37.0 Å². The van der Waals surface area contributed by atoms with Crippen LogP contribution in [0.1, 0.15) is 79.1 Å². The zero-order valence-corrected chi connectivity index (χ0v) is 16.9. The van der Waals surface area contributed by atoms with Gasteiger partial charge in [0, 0.05) is 11.8 Å². The van der Waals surface area contributed by atoms with Crippen molar-refractivity contribution in [2.24, 2.45) is 45.8 Å². The molecule has 0 amide bonds. The SMILES string of the molecule is CC(=O)C12CCC1CC1C3CC(C)C4=CC(=O)CCC4(C)C3CCC12C. The molecule has 8 unspecified atom stereocenters. The molecule has 5 aliphatic carbocycles. The van der Waals surface area contributed by atoms with Crippen LogP contribution in [0, 0.1) is 45.8 Å². The monoisotopic (exact) mass is 354 g/mol. The van der Waals surface area contributed by atoms with Crippen LogP contribution in [0.5, 0.6) is 0 Å². The summed E-state index contributed by atoms with van der Waals surface area (Å²) >= 11 is 0. The normalized spacial score (nSPS) is 55.0. The molecule has 0 heterocycles. The summed E-state index contributed by atoms with van der Waals surface area (Å²) in [6.07, 6.45) is 11.2. The van der Waals surface area contributed by atoms with E-state index in [0.29, 0.717) is 23.4 Å². The quantitative estimate of drug-likeness (QED) is 0.635. The largest absolute Gasteiger partial charge is 0.299 e. The van der Waals surface area contributed by atoms with Gasteiger partial charge in [-0.15, -0.1) is 0 Å². The third-order valence-electron chi connectivity index (χ3n) is 10.4. The maximum Gasteiger partial charge on any atom is 0.155 e. The molecule has 0 radical (unpaired) electrons. The minimum Gasteiger partial charge on any atom is -0.299 e. The van der Waals surface area contributed by atoms with E-state index in [2.05, 4.69) is 20.8 Å². The Morgan fingerprint density at radius 1 is 1.08 bits per heavy atom. The highest BCUT2D eigenvalue weighted by molar-refractivity contribution is 5.91. The number of ketones is 2. The molecule has 0 aliphatic heterocycles. The molecule has 2 heteroatoms. The van der Waals surface area contributed by atoms with Gasteiger partial charge in [0.1, 0.15) is 5.78 Å². The van der Waals surface area contributed by atoms with Crippen molar-refractivity contribution in [1.82, 2.24) is 0 Å². The predicted molar refractivity (Wildman–Crippen MR) is 102 cm³/mol. The van der Waals surface area contributed by atoms with Gasteiger partial charge in [-0.2, -0.15) is 0 Å². The highest BCUT2D eigenvalue weighted by Crippen LogP contribution is 2.76. The molecule has 0 spiro atoms. The molecule has 142 valence electrons. The van der Waals surface area contributed by atoms with E-state index in [1.807, 2.05) is 13.0 Å². The first-order chi connectivity index (χ1) is 12.2. The van der Waals surface area contributed by atoms with Crippen LogP contribution in [0.2, 0.25) is 0 Å². The number of carbonyl (C=O) groups is 2. The van der Waals surface area contributed by atoms with E-state index < -0.39 is 0 Å². The Labute approximate surface area is 158 Å². The fraction of sp³-hybridized carbons (Fsp3) is 0.833. The number of hydrogen-bond donors (Lipinski definition) is 0. The summed E-state index contributed by atoms with van der Waals surface area (Å²) in [5.41, 5.74) is 1.92. The summed E-state index contributed by atoms with van der Waals surface area (Å²) in [4.78, 5) is 24.9. The van der Waals surface area contributed by atoms with Crippen LogP contribution < -0.4 is 0 Å². The maximum atomic E-state index is 12.8. The van der Waals surface area contributed by atoms with E-state index >= 15 is 0 Å². The van der Waals surface area contributed by atoms with Crippen LogP contribution in [0.4, 0.5) is 0 Å². The van der Waals surface area contributed by atoms with Gasteiger partial charge in [0.25, 0.3) is 0 Å². The van der Waals surface area contributed by atoms with E-state index in [1.165, 1.54) is 37.7 Å². The summed E-state index contributed by atoms with van der Waals surface area (Å²) in [6, 6.07) is 0. The van der Waals surface area contributed by atoms with Gasteiger partial charge in [0.15, 0.2) is 5.78 Å². The topological polar surface area (TPSA) is 34.1 Å². The third kappa shape index (κ3) is 1.75. The van der Waals surface area contributed by atoms with Gasteiger partial charge >= 0.3 is 0 Å². The Kier molecular flexibility index (Phi) is 3.38. The third-order valence-corrected chi connectivity index (χ3v) is 10.4. The first-order valence-corrected chi connectivity index (χ1v) is 11.0. The van der Waals surface area contributed by atoms with Gasteiger partial charge in [-0.1, -0.05) is 26.3 Å². The van der Waals surface area contributed by atoms with Crippen LogP contribution in [0.15, 0.2) is 11.6 Å². The summed E-state index contributed by atoms with van der Waals surface area (Å²) < 4.78 is 0. The summed E-state index contributed by atoms with van der Waals surface area (Å²) in [6.45, 7) is 9.18. The number of carbonyl (C=O) groups excluding carboxylic acids is 2. The molecule has 4 saturated carbocycles. The smallest absolute Gasteiger partial charge is 0.155 e. The second-order valence-corrected chi connectivity index (χ2v) is 11.0. The number of rotatable bonds is 1. The highest BCUT2D eigenvalue weighted by Gasteiger charge is 2.72. The van der Waals surface area contributed by atoms with Crippen molar-refractivity contribution >= 4 is 11.6 Å². The van der Waals surface area contributed by atoms with Crippen molar-refractivity contribution in [3.63, 3.8) is 0 Å². The summed E-state index contributed by atoms with van der Waals surface area (Å²) in [7, 11) is 0. The lowest BCUT2D eigenvalue weighted by Crippen LogP contribution is -2.57. The first-order valence-electron chi connectivity index (χ1n) is 11.0. The number of allylic oxidation sites excluding steroid dienone is 1. The van der Waals surface area contributed by atoms with Crippen LogP contribution >= 0.6 is 0 Å². The molecule has 26 heavy (non-hydrogen) atoms. The van der Waals surface area contributed by atoms with Crippen molar-refractivity contribution < 1.29 is 9.59 Å². The van der Waals surface area contributed by atoms with Crippen molar-refractivity contribution in [1.29, 1.82) is 0 Å².